The van der Waals surface area contributed by atoms with Crippen molar-refractivity contribution in [1.82, 2.24) is 24.6 Å². The first kappa shape index (κ1) is 20.5. The highest BCUT2D eigenvalue weighted by molar-refractivity contribution is 6.31. The molecule has 0 radical (unpaired) electrons. The standard InChI is InChI=1S/C20H22ClF2N7/c1-28(2)7-8-30-11-13(9-26-30)17-10-25-19-20(27-17)29(6-5-24-19)12-14-15(22)3-4-16(23)18(14)21/h3-4,9-11H,5-8,12H2,1-2H3,(H,24,25). The van der Waals surface area contributed by atoms with E-state index >= 15 is 0 Å². The zero-order valence-corrected chi connectivity index (χ0v) is 17.5. The number of halogens is 3. The molecule has 0 fully saturated rings. The molecule has 1 N–H and O–H groups in total. The van der Waals surface area contributed by atoms with Gasteiger partial charge in [0.1, 0.15) is 11.6 Å². The minimum Gasteiger partial charge on any atom is -0.365 e. The summed E-state index contributed by atoms with van der Waals surface area (Å²) in [5.41, 5.74) is 1.60. The highest BCUT2D eigenvalue weighted by atomic mass is 35.5. The van der Waals surface area contributed by atoms with Gasteiger partial charge in [0.25, 0.3) is 0 Å². The third-order valence-electron chi connectivity index (χ3n) is 4.92. The minimum atomic E-state index is -0.645. The van der Waals surface area contributed by atoms with Gasteiger partial charge in [-0.15, -0.1) is 0 Å². The lowest BCUT2D eigenvalue weighted by Crippen LogP contribution is -2.35. The lowest BCUT2D eigenvalue weighted by atomic mass is 10.1. The van der Waals surface area contributed by atoms with Crippen molar-refractivity contribution in [3.05, 3.63) is 52.9 Å². The number of likely N-dealkylation sites (N-methyl/N-ethyl adjacent to an activating group) is 1. The van der Waals surface area contributed by atoms with Crippen molar-refractivity contribution >= 4 is 23.2 Å². The van der Waals surface area contributed by atoms with E-state index in [9.17, 15) is 8.78 Å². The van der Waals surface area contributed by atoms with Crippen LogP contribution in [0.5, 0.6) is 0 Å². The van der Waals surface area contributed by atoms with E-state index in [-0.39, 0.29) is 17.1 Å². The third-order valence-corrected chi connectivity index (χ3v) is 5.33. The minimum absolute atomic E-state index is 0.0946. The molecule has 0 bridgehead atoms. The summed E-state index contributed by atoms with van der Waals surface area (Å²) < 4.78 is 30.0. The van der Waals surface area contributed by atoms with Crippen molar-refractivity contribution in [2.24, 2.45) is 0 Å². The van der Waals surface area contributed by atoms with Crippen LogP contribution >= 0.6 is 11.6 Å². The topological polar surface area (TPSA) is 62.1 Å². The Kier molecular flexibility index (Phi) is 5.83. The highest BCUT2D eigenvalue weighted by Gasteiger charge is 2.23. The average molecular weight is 434 g/mol. The molecule has 0 spiro atoms. The molecule has 0 unspecified atom stereocenters. The summed E-state index contributed by atoms with van der Waals surface area (Å²) >= 11 is 6.02. The first-order valence-corrected chi connectivity index (χ1v) is 9.96. The number of hydrogen-bond donors (Lipinski definition) is 1. The van der Waals surface area contributed by atoms with E-state index in [1.807, 2.05) is 29.9 Å². The van der Waals surface area contributed by atoms with Crippen LogP contribution in [0.3, 0.4) is 0 Å². The number of rotatable bonds is 6. The van der Waals surface area contributed by atoms with Crippen molar-refractivity contribution in [2.75, 3.05) is 43.9 Å². The van der Waals surface area contributed by atoms with E-state index < -0.39 is 11.6 Å². The van der Waals surface area contributed by atoms with E-state index in [2.05, 4.69) is 20.3 Å². The maximum atomic E-state index is 14.3. The van der Waals surface area contributed by atoms with Gasteiger partial charge in [0.05, 0.1) is 29.7 Å². The zero-order chi connectivity index (χ0) is 21.3. The van der Waals surface area contributed by atoms with E-state index in [4.69, 9.17) is 16.6 Å². The Morgan fingerprint density at radius 1 is 1.20 bits per heavy atom. The molecule has 1 aliphatic heterocycles. The average Bonchev–Trinajstić information content (AvgIpc) is 3.21. The molecule has 10 heteroatoms. The molecule has 1 aliphatic rings. The fourth-order valence-corrected chi connectivity index (χ4v) is 3.47. The number of anilines is 2. The van der Waals surface area contributed by atoms with Gasteiger partial charge < -0.3 is 15.1 Å². The van der Waals surface area contributed by atoms with Crippen LogP contribution in [0.15, 0.2) is 30.7 Å². The van der Waals surface area contributed by atoms with Crippen LogP contribution in [0.25, 0.3) is 11.3 Å². The van der Waals surface area contributed by atoms with Crippen molar-refractivity contribution in [1.29, 1.82) is 0 Å². The van der Waals surface area contributed by atoms with Crippen LogP contribution in [-0.4, -0.2) is 58.4 Å². The Bertz CT molecular complexity index is 1050. The van der Waals surface area contributed by atoms with Gasteiger partial charge >= 0.3 is 0 Å². The molecule has 1 aromatic carbocycles. The second kappa shape index (κ2) is 8.53. The van der Waals surface area contributed by atoms with Crippen molar-refractivity contribution < 1.29 is 8.78 Å². The number of aromatic nitrogens is 4. The van der Waals surface area contributed by atoms with Gasteiger partial charge in [0.2, 0.25) is 0 Å². The highest BCUT2D eigenvalue weighted by Crippen LogP contribution is 2.31. The lowest BCUT2D eigenvalue weighted by Gasteiger charge is -2.30. The van der Waals surface area contributed by atoms with E-state index in [1.54, 1.807) is 12.4 Å². The summed E-state index contributed by atoms with van der Waals surface area (Å²) in [6.07, 6.45) is 5.34. The maximum absolute atomic E-state index is 14.3. The maximum Gasteiger partial charge on any atom is 0.172 e. The molecule has 7 nitrogen and oxygen atoms in total. The molecule has 30 heavy (non-hydrogen) atoms. The Labute approximate surface area is 178 Å². The Morgan fingerprint density at radius 3 is 2.80 bits per heavy atom. The van der Waals surface area contributed by atoms with Crippen LogP contribution in [0.1, 0.15) is 5.56 Å². The summed E-state index contributed by atoms with van der Waals surface area (Å²) in [4.78, 5) is 13.1. The largest absolute Gasteiger partial charge is 0.365 e. The Hall–Kier alpha value is -2.78. The number of benzene rings is 1. The second-order valence-electron chi connectivity index (χ2n) is 7.39. The van der Waals surface area contributed by atoms with Gasteiger partial charge in [-0.25, -0.2) is 18.7 Å². The van der Waals surface area contributed by atoms with Gasteiger partial charge in [-0.3, -0.25) is 4.68 Å². The predicted molar refractivity (Wildman–Crippen MR) is 113 cm³/mol. The van der Waals surface area contributed by atoms with Gasteiger partial charge in [-0.1, -0.05) is 11.6 Å². The predicted octanol–water partition coefficient (Wildman–Crippen LogP) is 3.27. The summed E-state index contributed by atoms with van der Waals surface area (Å²) in [6, 6.07) is 2.11. The fourth-order valence-electron chi connectivity index (χ4n) is 3.26. The van der Waals surface area contributed by atoms with Crippen LogP contribution in [0.4, 0.5) is 20.4 Å². The second-order valence-corrected chi connectivity index (χ2v) is 7.77. The molecule has 3 aromatic rings. The van der Waals surface area contributed by atoms with E-state index in [0.717, 1.165) is 30.8 Å². The molecule has 158 valence electrons. The Balaban J connectivity index is 1.62. The van der Waals surface area contributed by atoms with Gasteiger partial charge in [-0.2, -0.15) is 5.10 Å². The van der Waals surface area contributed by atoms with Crippen molar-refractivity contribution in [3.8, 4) is 11.3 Å². The number of hydrogen-bond acceptors (Lipinski definition) is 6. The Morgan fingerprint density at radius 2 is 2.00 bits per heavy atom. The van der Waals surface area contributed by atoms with Gasteiger partial charge in [0.15, 0.2) is 11.6 Å². The summed E-state index contributed by atoms with van der Waals surface area (Å²) in [5, 5.41) is 7.37. The van der Waals surface area contributed by atoms with E-state index in [0.29, 0.717) is 30.4 Å². The van der Waals surface area contributed by atoms with Crippen LogP contribution in [0.2, 0.25) is 5.02 Å². The van der Waals surface area contributed by atoms with Crippen LogP contribution in [-0.2, 0) is 13.1 Å². The quantitative estimate of drug-likeness (QED) is 0.602. The molecule has 0 saturated heterocycles. The van der Waals surface area contributed by atoms with E-state index in [1.165, 1.54) is 0 Å². The first-order chi connectivity index (χ1) is 14.4. The molecule has 0 atom stereocenters. The molecule has 0 amide bonds. The molecular formula is C20H22ClF2N7. The summed E-state index contributed by atoms with van der Waals surface area (Å²) in [5.74, 6) is -0.0291. The van der Waals surface area contributed by atoms with Crippen LogP contribution in [0, 0.1) is 11.6 Å². The molecule has 0 saturated carbocycles. The SMILES string of the molecule is CN(C)CCn1cc(-c2cnc3c(n2)N(Cc2c(F)ccc(F)c2Cl)CCN3)cn1. The molecule has 4 rings (SSSR count). The summed E-state index contributed by atoms with van der Waals surface area (Å²) in [7, 11) is 4.02. The van der Waals surface area contributed by atoms with Crippen molar-refractivity contribution in [2.45, 2.75) is 13.1 Å². The normalized spacial score (nSPS) is 13.5. The van der Waals surface area contributed by atoms with Crippen LogP contribution < -0.4 is 10.2 Å². The van der Waals surface area contributed by atoms with Gasteiger partial charge in [-0.05, 0) is 26.2 Å². The molecule has 0 aliphatic carbocycles. The zero-order valence-electron chi connectivity index (χ0n) is 16.7. The fraction of sp³-hybridized carbons (Fsp3) is 0.350. The third kappa shape index (κ3) is 4.22. The first-order valence-electron chi connectivity index (χ1n) is 9.58. The molecular weight excluding hydrogens is 412 g/mol. The number of fused-ring (bicyclic) bond motifs is 1. The number of nitrogens with one attached hydrogen (secondary N) is 1. The summed E-state index contributed by atoms with van der Waals surface area (Å²) in [6.45, 7) is 2.89. The molecule has 3 heterocycles. The smallest absolute Gasteiger partial charge is 0.172 e. The van der Waals surface area contributed by atoms with Crippen molar-refractivity contribution in [3.63, 3.8) is 0 Å². The van der Waals surface area contributed by atoms with Gasteiger partial charge in [0, 0.05) is 43.5 Å². The monoisotopic (exact) mass is 433 g/mol. The molecule has 2 aromatic heterocycles. The number of nitrogens with zero attached hydrogens (tertiary/aromatic N) is 6. The lowest BCUT2D eigenvalue weighted by molar-refractivity contribution is 0.373.